The van der Waals surface area contributed by atoms with E-state index in [1.807, 2.05) is 0 Å². The minimum atomic E-state index is -0.285. The fourth-order valence-electron chi connectivity index (χ4n) is 2.45. The highest BCUT2D eigenvalue weighted by Gasteiger charge is 2.16. The normalized spacial score (nSPS) is 15.6. The first-order valence-electron chi connectivity index (χ1n) is 7.02. The van der Waals surface area contributed by atoms with E-state index < -0.39 is 0 Å². The first-order chi connectivity index (χ1) is 9.65. The quantitative estimate of drug-likeness (QED) is 0.501. The summed E-state index contributed by atoms with van der Waals surface area (Å²) in [6, 6.07) is 6.73. The molecule has 1 aliphatic rings. The predicted molar refractivity (Wildman–Crippen MR) is 78.8 cm³/mol. The summed E-state index contributed by atoms with van der Waals surface area (Å²) in [5, 5.41) is 0. The molecular formula is C15H21N3O2. The highest BCUT2D eigenvalue weighted by molar-refractivity contribution is 5.90. The molecule has 0 spiro atoms. The summed E-state index contributed by atoms with van der Waals surface area (Å²) >= 11 is 0. The summed E-state index contributed by atoms with van der Waals surface area (Å²) in [5.41, 5.74) is 11.7. The Morgan fingerprint density at radius 1 is 1.15 bits per heavy atom. The van der Waals surface area contributed by atoms with Gasteiger partial charge in [0, 0.05) is 0 Å². The average molecular weight is 275 g/mol. The second-order valence-corrected chi connectivity index (χ2v) is 5.19. The van der Waals surface area contributed by atoms with Crippen LogP contribution < -0.4 is 11.5 Å². The lowest BCUT2D eigenvalue weighted by molar-refractivity contribution is 0.0410. The van der Waals surface area contributed by atoms with Gasteiger partial charge in [0.1, 0.15) is 0 Å². The molecule has 2 rings (SSSR count). The molecule has 5 nitrogen and oxygen atoms in total. The van der Waals surface area contributed by atoms with Gasteiger partial charge < -0.3 is 16.2 Å². The smallest absolute Gasteiger partial charge is 0.338 e. The fraction of sp³-hybridized carbons (Fsp3) is 0.467. The van der Waals surface area contributed by atoms with Crippen molar-refractivity contribution in [1.82, 2.24) is 0 Å². The Labute approximate surface area is 119 Å². The number of aliphatic imine (C=N–C) groups is 1. The number of nitrogens with two attached hydrogens (primary N) is 2. The van der Waals surface area contributed by atoms with Crippen molar-refractivity contribution in [2.75, 3.05) is 6.61 Å². The molecule has 0 aliphatic heterocycles. The van der Waals surface area contributed by atoms with Crippen LogP contribution in [0.3, 0.4) is 0 Å². The molecule has 0 bridgehead atoms. The summed E-state index contributed by atoms with van der Waals surface area (Å²) in [6.07, 6.45) is 6.12. The Balaban J connectivity index is 1.87. The minimum Gasteiger partial charge on any atom is -0.462 e. The molecule has 0 unspecified atom stereocenters. The van der Waals surface area contributed by atoms with Gasteiger partial charge in [-0.05, 0) is 43.0 Å². The Kier molecular flexibility index (Phi) is 4.98. The average Bonchev–Trinajstić information content (AvgIpc) is 2.46. The van der Waals surface area contributed by atoms with Crippen molar-refractivity contribution in [3.63, 3.8) is 0 Å². The molecule has 1 aromatic carbocycles. The molecule has 5 heteroatoms. The molecule has 0 saturated heterocycles. The van der Waals surface area contributed by atoms with E-state index in [0.29, 0.717) is 23.8 Å². The maximum atomic E-state index is 11.9. The van der Waals surface area contributed by atoms with Crippen LogP contribution in [0.2, 0.25) is 0 Å². The Morgan fingerprint density at radius 2 is 1.80 bits per heavy atom. The van der Waals surface area contributed by atoms with Crippen LogP contribution in [0.25, 0.3) is 0 Å². The van der Waals surface area contributed by atoms with Crippen molar-refractivity contribution in [2.45, 2.75) is 32.1 Å². The van der Waals surface area contributed by atoms with Gasteiger partial charge in [-0.3, -0.25) is 0 Å². The van der Waals surface area contributed by atoms with Crippen LogP contribution in [0.5, 0.6) is 0 Å². The van der Waals surface area contributed by atoms with Gasteiger partial charge in [0.2, 0.25) is 0 Å². The van der Waals surface area contributed by atoms with Gasteiger partial charge in [0.05, 0.1) is 17.9 Å². The lowest BCUT2D eigenvalue weighted by Crippen LogP contribution is -2.21. The zero-order valence-electron chi connectivity index (χ0n) is 11.5. The first-order valence-corrected chi connectivity index (χ1v) is 7.02. The molecule has 0 amide bonds. The van der Waals surface area contributed by atoms with Gasteiger partial charge in [-0.25, -0.2) is 9.79 Å². The maximum Gasteiger partial charge on any atom is 0.338 e. The first kappa shape index (κ1) is 14.4. The summed E-state index contributed by atoms with van der Waals surface area (Å²) in [6.45, 7) is 0.522. The Bertz CT molecular complexity index is 472. The summed E-state index contributed by atoms with van der Waals surface area (Å²) in [7, 11) is 0. The molecule has 4 N–H and O–H groups in total. The van der Waals surface area contributed by atoms with E-state index in [1.54, 1.807) is 24.3 Å². The van der Waals surface area contributed by atoms with Crippen LogP contribution in [-0.2, 0) is 4.74 Å². The Morgan fingerprint density at radius 3 is 2.40 bits per heavy atom. The second kappa shape index (κ2) is 6.93. The lowest BCUT2D eigenvalue weighted by Gasteiger charge is -2.21. The van der Waals surface area contributed by atoms with Crippen molar-refractivity contribution in [1.29, 1.82) is 0 Å². The summed E-state index contributed by atoms with van der Waals surface area (Å²) in [5.74, 6) is 0.234. The van der Waals surface area contributed by atoms with Crippen molar-refractivity contribution in [3.05, 3.63) is 29.8 Å². The number of nitrogens with zero attached hydrogens (tertiary/aromatic N) is 1. The molecule has 1 aromatic rings. The third kappa shape index (κ3) is 4.26. The standard InChI is InChI=1S/C15H21N3O2/c16-15(17)18-13-8-6-12(7-9-13)14(19)20-10-11-4-2-1-3-5-11/h6-9,11H,1-5,10H2,(H4,16,17,18). The van der Waals surface area contributed by atoms with Crippen molar-refractivity contribution < 1.29 is 9.53 Å². The number of carbonyl (C=O) groups excluding carboxylic acids is 1. The largest absolute Gasteiger partial charge is 0.462 e. The number of esters is 1. The number of benzene rings is 1. The van der Waals surface area contributed by atoms with Crippen LogP contribution in [0, 0.1) is 5.92 Å². The Hall–Kier alpha value is -2.04. The predicted octanol–water partition coefficient (Wildman–Crippen LogP) is 2.33. The molecule has 0 atom stereocenters. The second-order valence-electron chi connectivity index (χ2n) is 5.19. The fourth-order valence-corrected chi connectivity index (χ4v) is 2.45. The highest BCUT2D eigenvalue weighted by Crippen LogP contribution is 2.24. The third-order valence-corrected chi connectivity index (χ3v) is 3.54. The van der Waals surface area contributed by atoms with E-state index in [4.69, 9.17) is 16.2 Å². The van der Waals surface area contributed by atoms with Gasteiger partial charge in [-0.2, -0.15) is 0 Å². The summed E-state index contributed by atoms with van der Waals surface area (Å²) in [4.78, 5) is 15.8. The van der Waals surface area contributed by atoms with Crippen molar-refractivity contribution in [3.8, 4) is 0 Å². The summed E-state index contributed by atoms with van der Waals surface area (Å²) < 4.78 is 5.36. The van der Waals surface area contributed by atoms with Gasteiger partial charge in [0.15, 0.2) is 5.96 Å². The number of carbonyl (C=O) groups is 1. The maximum absolute atomic E-state index is 11.9. The van der Waals surface area contributed by atoms with E-state index >= 15 is 0 Å². The molecule has 1 aliphatic carbocycles. The number of hydrogen-bond acceptors (Lipinski definition) is 3. The van der Waals surface area contributed by atoms with E-state index in [0.717, 1.165) is 12.8 Å². The van der Waals surface area contributed by atoms with Crippen LogP contribution in [0.1, 0.15) is 42.5 Å². The van der Waals surface area contributed by atoms with E-state index in [1.165, 1.54) is 19.3 Å². The van der Waals surface area contributed by atoms with Gasteiger partial charge >= 0.3 is 5.97 Å². The van der Waals surface area contributed by atoms with Crippen molar-refractivity contribution >= 4 is 17.6 Å². The molecular weight excluding hydrogens is 254 g/mol. The van der Waals surface area contributed by atoms with Crippen LogP contribution >= 0.6 is 0 Å². The molecule has 0 heterocycles. The zero-order chi connectivity index (χ0) is 14.4. The molecule has 108 valence electrons. The molecule has 0 radical (unpaired) electrons. The van der Waals surface area contributed by atoms with E-state index in [-0.39, 0.29) is 11.9 Å². The van der Waals surface area contributed by atoms with Crippen LogP contribution in [-0.4, -0.2) is 18.5 Å². The van der Waals surface area contributed by atoms with E-state index in [9.17, 15) is 4.79 Å². The zero-order valence-corrected chi connectivity index (χ0v) is 11.5. The van der Waals surface area contributed by atoms with Crippen LogP contribution in [0.15, 0.2) is 29.3 Å². The molecule has 1 fully saturated rings. The van der Waals surface area contributed by atoms with Gasteiger partial charge in [-0.1, -0.05) is 19.3 Å². The molecule has 1 saturated carbocycles. The van der Waals surface area contributed by atoms with Crippen LogP contribution in [0.4, 0.5) is 5.69 Å². The highest BCUT2D eigenvalue weighted by atomic mass is 16.5. The SMILES string of the molecule is NC(N)=Nc1ccc(C(=O)OCC2CCCCC2)cc1. The molecule has 0 aromatic heterocycles. The molecule has 20 heavy (non-hydrogen) atoms. The van der Waals surface area contributed by atoms with E-state index in [2.05, 4.69) is 4.99 Å². The number of hydrogen-bond donors (Lipinski definition) is 2. The number of guanidine groups is 1. The van der Waals surface area contributed by atoms with Gasteiger partial charge in [-0.15, -0.1) is 0 Å². The minimum absolute atomic E-state index is 0.00220. The van der Waals surface area contributed by atoms with Crippen molar-refractivity contribution in [2.24, 2.45) is 22.4 Å². The number of ether oxygens (including phenoxy) is 1. The lowest BCUT2D eigenvalue weighted by atomic mass is 9.90. The topological polar surface area (TPSA) is 90.7 Å². The van der Waals surface area contributed by atoms with Gasteiger partial charge in [0.25, 0.3) is 0 Å². The third-order valence-electron chi connectivity index (χ3n) is 3.54. The monoisotopic (exact) mass is 275 g/mol. The number of rotatable bonds is 4.